The third-order valence-electron chi connectivity index (χ3n) is 10.2. The molecule has 0 heteroatoms. The van der Waals surface area contributed by atoms with Gasteiger partial charge < -0.3 is 0 Å². The molecule has 0 bridgehead atoms. The summed E-state index contributed by atoms with van der Waals surface area (Å²) in [7, 11) is 0. The molecule has 0 spiro atoms. The largest absolute Gasteiger partial charge is 0.0654 e. The van der Waals surface area contributed by atoms with Gasteiger partial charge in [0.25, 0.3) is 0 Å². The first kappa shape index (κ1) is 38.1. The maximum atomic E-state index is 2.47. The number of benzene rings is 3. The number of unbranched alkanes of at least 4 members (excludes halogenated alkanes) is 18. The number of rotatable bonds is 27. The van der Waals surface area contributed by atoms with Crippen LogP contribution in [0.5, 0.6) is 0 Å². The lowest BCUT2D eigenvalue weighted by Crippen LogP contribution is -2.12. The van der Waals surface area contributed by atoms with Gasteiger partial charge in [0.15, 0.2) is 0 Å². The Labute approximate surface area is 286 Å². The van der Waals surface area contributed by atoms with E-state index in [9.17, 15) is 0 Å². The van der Waals surface area contributed by atoms with Gasteiger partial charge in [-0.3, -0.25) is 0 Å². The van der Waals surface area contributed by atoms with Crippen LogP contribution in [0, 0.1) is 0 Å². The summed E-state index contributed by atoms with van der Waals surface area (Å²) in [4.78, 5) is 0. The molecule has 0 radical (unpaired) electrons. The smallest absolute Gasteiger partial charge is 0.0348 e. The Morgan fingerprint density at radius 1 is 0.304 bits per heavy atom. The van der Waals surface area contributed by atoms with Crippen molar-refractivity contribution in [3.8, 4) is 0 Å². The van der Waals surface area contributed by atoms with Gasteiger partial charge in [0, 0.05) is 5.92 Å². The van der Waals surface area contributed by atoms with Crippen molar-refractivity contribution in [3.63, 3.8) is 0 Å². The molecule has 254 valence electrons. The summed E-state index contributed by atoms with van der Waals surface area (Å²) >= 11 is 0. The first-order valence-corrected chi connectivity index (χ1v) is 20.0. The van der Waals surface area contributed by atoms with Crippen molar-refractivity contribution in [2.24, 2.45) is 0 Å². The predicted octanol–water partition coefficient (Wildman–Crippen LogP) is 14.7. The zero-order chi connectivity index (χ0) is 32.5. The van der Waals surface area contributed by atoms with Crippen molar-refractivity contribution in [1.29, 1.82) is 0 Å². The molecule has 3 rings (SSSR count). The molecular weight excluding hydrogens is 553 g/mol. The van der Waals surface area contributed by atoms with Crippen LogP contribution >= 0.6 is 0 Å². The van der Waals surface area contributed by atoms with E-state index in [-0.39, 0.29) is 0 Å². The number of hydrogen-bond donors (Lipinski definition) is 0. The molecule has 0 saturated heterocycles. The van der Waals surface area contributed by atoms with Crippen LogP contribution in [0.1, 0.15) is 195 Å². The fourth-order valence-electron chi connectivity index (χ4n) is 7.45. The molecular formula is C46H70. The third kappa shape index (κ3) is 14.2. The van der Waals surface area contributed by atoms with Crippen LogP contribution in [0.25, 0.3) is 0 Å². The second-order valence-corrected chi connectivity index (χ2v) is 14.1. The highest BCUT2D eigenvalue weighted by Crippen LogP contribution is 2.39. The molecule has 0 aromatic heterocycles. The lowest BCUT2D eigenvalue weighted by Gasteiger charge is -2.27. The molecule has 0 unspecified atom stereocenters. The Bertz CT molecular complexity index is 1010. The molecule has 0 fully saturated rings. The Kier molecular flexibility index (Phi) is 20.5. The summed E-state index contributed by atoms with van der Waals surface area (Å²) in [5.74, 6) is 0.308. The summed E-state index contributed by atoms with van der Waals surface area (Å²) in [6.45, 7) is 6.94. The summed E-state index contributed by atoms with van der Waals surface area (Å²) in [5.41, 5.74) is 9.35. The molecule has 0 aliphatic heterocycles. The van der Waals surface area contributed by atoms with Crippen LogP contribution in [0.15, 0.2) is 72.8 Å². The van der Waals surface area contributed by atoms with Crippen molar-refractivity contribution in [1.82, 2.24) is 0 Å². The Morgan fingerprint density at radius 2 is 0.543 bits per heavy atom. The highest BCUT2D eigenvalue weighted by atomic mass is 14.3. The highest BCUT2D eigenvalue weighted by molar-refractivity contribution is 5.51. The van der Waals surface area contributed by atoms with Crippen LogP contribution in [-0.2, 0) is 19.3 Å². The molecule has 3 aromatic carbocycles. The topological polar surface area (TPSA) is 0 Å². The van der Waals surface area contributed by atoms with E-state index >= 15 is 0 Å². The number of aryl methyl sites for hydroxylation is 3. The second-order valence-electron chi connectivity index (χ2n) is 14.1. The van der Waals surface area contributed by atoms with Gasteiger partial charge in [-0.2, -0.15) is 0 Å². The first-order valence-electron chi connectivity index (χ1n) is 20.0. The normalized spacial score (nSPS) is 11.5. The van der Waals surface area contributed by atoms with Crippen molar-refractivity contribution < 1.29 is 0 Å². The number of hydrogen-bond acceptors (Lipinski definition) is 0. The minimum absolute atomic E-state index is 0.308. The van der Waals surface area contributed by atoms with Gasteiger partial charge in [-0.05, 0) is 71.9 Å². The molecule has 0 heterocycles. The lowest BCUT2D eigenvalue weighted by atomic mass is 9.77. The Morgan fingerprint density at radius 3 is 0.826 bits per heavy atom. The summed E-state index contributed by atoms with van der Waals surface area (Å²) in [6, 6.07) is 28.5. The fourth-order valence-corrected chi connectivity index (χ4v) is 7.45. The molecule has 0 N–H and O–H groups in total. The maximum absolute atomic E-state index is 2.47. The van der Waals surface area contributed by atoms with Crippen LogP contribution in [0.4, 0.5) is 0 Å². The van der Waals surface area contributed by atoms with E-state index in [0.29, 0.717) is 5.92 Å². The molecule has 0 amide bonds. The highest BCUT2D eigenvalue weighted by Gasteiger charge is 2.24. The Hall–Kier alpha value is -2.34. The lowest BCUT2D eigenvalue weighted by molar-refractivity contribution is 0.586. The van der Waals surface area contributed by atoms with E-state index in [1.807, 2.05) is 0 Å². The average Bonchev–Trinajstić information content (AvgIpc) is 3.09. The molecule has 0 aliphatic rings. The molecule has 0 nitrogen and oxygen atoms in total. The fraction of sp³-hybridized carbons (Fsp3) is 0.609. The molecule has 0 aliphatic carbocycles. The molecule has 0 atom stereocenters. The Balaban J connectivity index is 1.85. The van der Waals surface area contributed by atoms with Crippen LogP contribution in [-0.4, -0.2) is 0 Å². The zero-order valence-corrected chi connectivity index (χ0v) is 30.5. The van der Waals surface area contributed by atoms with E-state index in [2.05, 4.69) is 93.6 Å². The van der Waals surface area contributed by atoms with Gasteiger partial charge in [0.2, 0.25) is 0 Å². The standard InChI is InChI=1S/C46H70/c1-4-7-10-13-16-19-22-31-40-34-25-28-37-43(40)46(44-38-29-26-35-41(44)32-23-20-17-14-11-8-5-2)45-39-30-27-36-42(45)33-24-21-18-15-12-9-6-3/h25-30,34-39,46H,4-24,31-33H2,1-3H3. The monoisotopic (exact) mass is 623 g/mol. The minimum Gasteiger partial charge on any atom is -0.0654 e. The summed E-state index contributed by atoms with van der Waals surface area (Å²) in [5, 5.41) is 0. The summed E-state index contributed by atoms with van der Waals surface area (Å²) in [6.07, 6.45) is 32.3. The third-order valence-corrected chi connectivity index (χ3v) is 10.2. The van der Waals surface area contributed by atoms with E-state index in [1.165, 1.54) is 154 Å². The van der Waals surface area contributed by atoms with Crippen molar-refractivity contribution >= 4 is 0 Å². The minimum atomic E-state index is 0.308. The van der Waals surface area contributed by atoms with Gasteiger partial charge in [-0.15, -0.1) is 0 Å². The second kappa shape index (κ2) is 24.8. The van der Waals surface area contributed by atoms with E-state index in [0.717, 1.165) is 0 Å². The van der Waals surface area contributed by atoms with Crippen molar-refractivity contribution in [3.05, 3.63) is 106 Å². The van der Waals surface area contributed by atoms with E-state index in [4.69, 9.17) is 0 Å². The van der Waals surface area contributed by atoms with Gasteiger partial charge in [0.05, 0.1) is 0 Å². The maximum Gasteiger partial charge on any atom is 0.0348 e. The van der Waals surface area contributed by atoms with E-state index < -0.39 is 0 Å². The first-order chi connectivity index (χ1) is 22.8. The van der Waals surface area contributed by atoms with Gasteiger partial charge in [-0.25, -0.2) is 0 Å². The van der Waals surface area contributed by atoms with Gasteiger partial charge in [0.1, 0.15) is 0 Å². The molecule has 0 saturated carbocycles. The SMILES string of the molecule is CCCCCCCCCc1ccccc1C(c1ccccc1CCCCCCCCC)c1ccccc1CCCCCCCCC. The van der Waals surface area contributed by atoms with Gasteiger partial charge >= 0.3 is 0 Å². The predicted molar refractivity (Wildman–Crippen MR) is 205 cm³/mol. The molecule has 3 aromatic rings. The summed E-state index contributed by atoms with van der Waals surface area (Å²) < 4.78 is 0. The van der Waals surface area contributed by atoms with Gasteiger partial charge in [-0.1, -0.05) is 209 Å². The van der Waals surface area contributed by atoms with Crippen LogP contribution in [0.3, 0.4) is 0 Å². The molecule has 46 heavy (non-hydrogen) atoms. The van der Waals surface area contributed by atoms with Crippen molar-refractivity contribution in [2.45, 2.75) is 181 Å². The quantitative estimate of drug-likeness (QED) is 0.0586. The van der Waals surface area contributed by atoms with Crippen molar-refractivity contribution in [2.75, 3.05) is 0 Å². The van der Waals surface area contributed by atoms with Crippen LogP contribution < -0.4 is 0 Å². The van der Waals surface area contributed by atoms with Crippen LogP contribution in [0.2, 0.25) is 0 Å². The average molecular weight is 623 g/mol. The zero-order valence-electron chi connectivity index (χ0n) is 30.5. The van der Waals surface area contributed by atoms with E-state index in [1.54, 1.807) is 33.4 Å².